The van der Waals surface area contributed by atoms with E-state index < -0.39 is 7.26 Å². The number of hydrogen-bond acceptors (Lipinski definition) is 3. The number of hydrogen-bond donors (Lipinski definition) is 0. The maximum Gasteiger partial charge on any atom is -0.0528 e. The van der Waals surface area contributed by atoms with Crippen LogP contribution in [0.4, 0.5) is 0 Å². The van der Waals surface area contributed by atoms with Gasteiger partial charge in [-0.2, -0.15) is 0 Å². The third kappa shape index (κ3) is 5.59. The van der Waals surface area contributed by atoms with Gasteiger partial charge in [-0.15, -0.1) is 0 Å². The standard InChI is InChI=1S/C34H34N3PS/c1(15-25-33-36-37-27-32(35-34(37)39-33)28-17-7-3-8-18-28)2-16-26-38(29-19-9-4-10-20-29,30-21-11-5-12-22-30)31-23-13-6-14-24-31/h3-14,17-24,27,38H,1-2,15-16,25-26H2. The fraction of sp³-hybridized carbons (Fsp3) is 0.176. The first-order chi connectivity index (χ1) is 19.3. The average molecular weight is 548 g/mol. The van der Waals surface area contributed by atoms with Gasteiger partial charge in [0.25, 0.3) is 0 Å². The molecule has 6 aromatic rings. The van der Waals surface area contributed by atoms with Crippen LogP contribution in [0.3, 0.4) is 0 Å². The van der Waals surface area contributed by atoms with Crippen molar-refractivity contribution in [3.63, 3.8) is 0 Å². The maximum absolute atomic E-state index is 4.81. The predicted molar refractivity (Wildman–Crippen MR) is 170 cm³/mol. The van der Waals surface area contributed by atoms with Crippen LogP contribution in [0.25, 0.3) is 16.2 Å². The molecule has 0 bridgehead atoms. The van der Waals surface area contributed by atoms with Crippen LogP contribution in [0.2, 0.25) is 0 Å². The SMILES string of the molecule is c1ccc(-c2cn3nc(CCCCCC[PH](c4ccccc4)(c4ccccc4)c4ccccc4)sc3n2)cc1. The van der Waals surface area contributed by atoms with Gasteiger partial charge in [0.2, 0.25) is 0 Å². The zero-order valence-corrected chi connectivity index (χ0v) is 23.9. The molecule has 0 N–H and O–H groups in total. The van der Waals surface area contributed by atoms with Crippen LogP contribution in [0.5, 0.6) is 0 Å². The van der Waals surface area contributed by atoms with Gasteiger partial charge in [-0.05, 0) is 0 Å². The van der Waals surface area contributed by atoms with E-state index in [4.69, 9.17) is 10.1 Å². The van der Waals surface area contributed by atoms with E-state index in [1.165, 1.54) is 52.8 Å². The van der Waals surface area contributed by atoms with Gasteiger partial charge in [0.15, 0.2) is 0 Å². The second-order valence-corrected chi connectivity index (χ2v) is 15.2. The van der Waals surface area contributed by atoms with Crippen molar-refractivity contribution in [2.75, 3.05) is 6.16 Å². The third-order valence-corrected chi connectivity index (χ3v) is 13.7. The van der Waals surface area contributed by atoms with Gasteiger partial charge in [-0.25, -0.2) is 0 Å². The Hall–Kier alpha value is -3.59. The predicted octanol–water partition coefficient (Wildman–Crippen LogP) is 7.29. The molecule has 6 rings (SSSR count). The van der Waals surface area contributed by atoms with E-state index in [-0.39, 0.29) is 0 Å². The summed E-state index contributed by atoms with van der Waals surface area (Å²) in [5.74, 6) is 0. The topological polar surface area (TPSA) is 30.2 Å². The van der Waals surface area contributed by atoms with Crippen LogP contribution in [-0.4, -0.2) is 20.8 Å². The van der Waals surface area contributed by atoms with Crippen LogP contribution in [0, 0.1) is 0 Å². The number of aryl methyl sites for hydroxylation is 1. The number of fused-ring (bicyclic) bond motifs is 1. The van der Waals surface area contributed by atoms with E-state index in [1.54, 1.807) is 11.3 Å². The number of rotatable bonds is 11. The van der Waals surface area contributed by atoms with E-state index >= 15 is 0 Å². The Bertz CT molecular complexity index is 1470. The fourth-order valence-electron chi connectivity index (χ4n) is 5.71. The van der Waals surface area contributed by atoms with Crippen molar-refractivity contribution in [3.8, 4) is 11.3 Å². The molecule has 0 atom stereocenters. The van der Waals surface area contributed by atoms with E-state index in [1.807, 2.05) is 28.9 Å². The van der Waals surface area contributed by atoms with Crippen LogP contribution >= 0.6 is 18.6 Å². The maximum atomic E-state index is 4.81. The molecule has 0 saturated heterocycles. The molecule has 0 fully saturated rings. The van der Waals surface area contributed by atoms with E-state index in [9.17, 15) is 0 Å². The van der Waals surface area contributed by atoms with Crippen molar-refractivity contribution >= 4 is 39.5 Å². The van der Waals surface area contributed by atoms with Crippen LogP contribution < -0.4 is 15.9 Å². The van der Waals surface area contributed by atoms with Crippen molar-refractivity contribution < 1.29 is 0 Å². The summed E-state index contributed by atoms with van der Waals surface area (Å²) in [6, 6.07) is 44.1. The van der Waals surface area contributed by atoms with Crippen LogP contribution in [0.15, 0.2) is 128 Å². The minimum atomic E-state index is -2.12. The molecule has 0 unspecified atom stereocenters. The molecule has 0 aliphatic heterocycles. The van der Waals surface area contributed by atoms with Gasteiger partial charge >= 0.3 is 206 Å². The molecule has 196 valence electrons. The Balaban J connectivity index is 1.12. The largest absolute Gasteiger partial charge is 0.0616 e. The fourth-order valence-corrected chi connectivity index (χ4v) is 11.6. The quantitative estimate of drug-likeness (QED) is 0.126. The third-order valence-electron chi connectivity index (χ3n) is 7.65. The van der Waals surface area contributed by atoms with Gasteiger partial charge in [0.1, 0.15) is 0 Å². The molecule has 4 aromatic carbocycles. The first kappa shape index (κ1) is 25.7. The van der Waals surface area contributed by atoms with E-state index in [0.29, 0.717) is 0 Å². The molecular weight excluding hydrogens is 513 g/mol. The molecular formula is C34H34N3PS. The van der Waals surface area contributed by atoms with Crippen LogP contribution in [-0.2, 0) is 6.42 Å². The average Bonchev–Trinajstić information content (AvgIpc) is 3.58. The summed E-state index contributed by atoms with van der Waals surface area (Å²) < 4.78 is 1.95. The summed E-state index contributed by atoms with van der Waals surface area (Å²) >= 11 is 1.72. The molecule has 0 saturated carbocycles. The molecule has 39 heavy (non-hydrogen) atoms. The van der Waals surface area contributed by atoms with E-state index in [2.05, 4.69) is 103 Å². The second-order valence-electron chi connectivity index (χ2n) is 10.1. The molecule has 0 amide bonds. The minimum absolute atomic E-state index is 0.980. The number of nitrogens with zero attached hydrogens (tertiary/aromatic N) is 3. The van der Waals surface area contributed by atoms with Crippen molar-refractivity contribution in [1.82, 2.24) is 14.6 Å². The van der Waals surface area contributed by atoms with Gasteiger partial charge in [0.05, 0.1) is 0 Å². The molecule has 2 aromatic heterocycles. The Morgan fingerprint density at radius 2 is 1.10 bits per heavy atom. The molecule has 0 spiro atoms. The Morgan fingerprint density at radius 1 is 0.590 bits per heavy atom. The molecule has 0 aliphatic carbocycles. The zero-order chi connectivity index (χ0) is 26.3. The van der Waals surface area contributed by atoms with Crippen molar-refractivity contribution in [2.45, 2.75) is 32.1 Å². The van der Waals surface area contributed by atoms with Crippen molar-refractivity contribution in [3.05, 3.63) is 133 Å². The number of benzene rings is 4. The summed E-state index contributed by atoms with van der Waals surface area (Å²) in [4.78, 5) is 5.78. The molecule has 5 heteroatoms. The van der Waals surface area contributed by atoms with Gasteiger partial charge in [0, 0.05) is 0 Å². The number of imidazole rings is 1. The molecule has 2 heterocycles. The number of unbranched alkanes of at least 4 members (excludes halogenated alkanes) is 3. The summed E-state index contributed by atoms with van der Waals surface area (Å²) in [6.45, 7) is 0. The normalized spacial score (nSPS) is 12.1. The second kappa shape index (κ2) is 12.1. The molecule has 0 radical (unpaired) electrons. The summed E-state index contributed by atoms with van der Waals surface area (Å²) in [5, 5.41) is 10.5. The number of aromatic nitrogens is 3. The summed E-state index contributed by atoms with van der Waals surface area (Å²) in [6.07, 6.45) is 9.14. The van der Waals surface area contributed by atoms with Crippen LogP contribution in [0.1, 0.15) is 30.7 Å². The Kier molecular flexibility index (Phi) is 7.95. The van der Waals surface area contributed by atoms with Crippen molar-refractivity contribution in [2.24, 2.45) is 0 Å². The Morgan fingerprint density at radius 3 is 1.64 bits per heavy atom. The first-order valence-corrected chi connectivity index (χ1v) is 16.9. The molecule has 0 aliphatic rings. The van der Waals surface area contributed by atoms with Gasteiger partial charge < -0.3 is 0 Å². The van der Waals surface area contributed by atoms with Gasteiger partial charge in [-0.3, -0.25) is 0 Å². The molecule has 3 nitrogen and oxygen atoms in total. The zero-order valence-electron chi connectivity index (χ0n) is 22.1. The monoisotopic (exact) mass is 547 g/mol. The summed E-state index contributed by atoms with van der Waals surface area (Å²) in [5.41, 5.74) is 2.13. The minimum Gasteiger partial charge on any atom is -0.0616 e. The van der Waals surface area contributed by atoms with E-state index in [0.717, 1.165) is 22.6 Å². The Labute approximate surface area is 235 Å². The summed E-state index contributed by atoms with van der Waals surface area (Å²) in [7, 11) is -2.12. The first-order valence-electron chi connectivity index (χ1n) is 13.9. The van der Waals surface area contributed by atoms with Crippen molar-refractivity contribution in [1.29, 1.82) is 0 Å². The smallest absolute Gasteiger partial charge is 0.0528 e. The van der Waals surface area contributed by atoms with Gasteiger partial charge in [-0.1, -0.05) is 30.3 Å².